The van der Waals surface area contributed by atoms with Crippen molar-refractivity contribution in [1.82, 2.24) is 10.2 Å². The molecule has 2 N–H and O–H groups in total. The Balaban J connectivity index is 1.30. The first kappa shape index (κ1) is 30.2. The number of ether oxygens (including phenoxy) is 1. The van der Waals surface area contributed by atoms with Crippen molar-refractivity contribution in [1.29, 1.82) is 0 Å². The predicted molar refractivity (Wildman–Crippen MR) is 167 cm³/mol. The molecule has 2 fully saturated rings. The summed E-state index contributed by atoms with van der Waals surface area (Å²) in [5, 5.41) is 17.3. The molecule has 2 heterocycles. The summed E-state index contributed by atoms with van der Waals surface area (Å²) in [7, 11) is 0. The number of nitro groups is 1. The summed E-state index contributed by atoms with van der Waals surface area (Å²) >= 11 is 0. The third-order valence-electron chi connectivity index (χ3n) is 8.31. The van der Waals surface area contributed by atoms with Crippen LogP contribution < -0.4 is 15.5 Å². The molecule has 2 aliphatic heterocycles. The molecule has 0 unspecified atom stereocenters. The maximum absolute atomic E-state index is 13.6. The molecule has 0 bridgehead atoms. The van der Waals surface area contributed by atoms with Crippen molar-refractivity contribution in [3.63, 3.8) is 0 Å². The molecule has 0 saturated carbocycles. The van der Waals surface area contributed by atoms with Crippen LogP contribution in [0.25, 0.3) is 0 Å². The summed E-state index contributed by atoms with van der Waals surface area (Å²) in [5.41, 5.74) is 3.68. The van der Waals surface area contributed by atoms with E-state index >= 15 is 0 Å². The van der Waals surface area contributed by atoms with Crippen molar-refractivity contribution < 1.29 is 19.2 Å². The van der Waals surface area contributed by atoms with Crippen LogP contribution in [0.5, 0.6) is 0 Å². The normalized spacial score (nSPS) is 16.1. The Labute approximate surface area is 252 Å². The van der Waals surface area contributed by atoms with Gasteiger partial charge in [0.15, 0.2) is 0 Å². The van der Waals surface area contributed by atoms with Gasteiger partial charge in [0.2, 0.25) is 0 Å². The number of hydrogen-bond acceptors (Lipinski definition) is 7. The van der Waals surface area contributed by atoms with Crippen molar-refractivity contribution in [3.05, 3.63) is 99.1 Å². The molecular formula is C33H39N5O5. The second kappa shape index (κ2) is 14.3. The van der Waals surface area contributed by atoms with E-state index < -0.39 is 10.8 Å². The molecule has 5 rings (SSSR count). The van der Waals surface area contributed by atoms with Crippen molar-refractivity contribution >= 4 is 28.9 Å². The van der Waals surface area contributed by atoms with E-state index in [1.807, 2.05) is 12.1 Å². The van der Waals surface area contributed by atoms with Crippen LogP contribution in [-0.4, -0.2) is 74.1 Å². The average Bonchev–Trinajstić information content (AvgIpc) is 3.02. The van der Waals surface area contributed by atoms with Gasteiger partial charge in [-0.25, -0.2) is 0 Å². The van der Waals surface area contributed by atoms with E-state index in [1.54, 1.807) is 31.2 Å². The predicted octanol–water partition coefficient (Wildman–Crippen LogP) is 4.68. The zero-order valence-electron chi connectivity index (χ0n) is 24.6. The van der Waals surface area contributed by atoms with Gasteiger partial charge >= 0.3 is 0 Å². The van der Waals surface area contributed by atoms with E-state index in [0.717, 1.165) is 57.7 Å². The third kappa shape index (κ3) is 7.97. The summed E-state index contributed by atoms with van der Waals surface area (Å²) in [6, 6.07) is 20.3. The van der Waals surface area contributed by atoms with Gasteiger partial charge in [0.05, 0.1) is 23.7 Å². The zero-order chi connectivity index (χ0) is 30.2. The van der Waals surface area contributed by atoms with Crippen molar-refractivity contribution in [2.75, 3.05) is 62.7 Å². The third-order valence-corrected chi connectivity index (χ3v) is 8.31. The Morgan fingerprint density at radius 2 is 1.70 bits per heavy atom. The topological polar surface area (TPSA) is 117 Å². The van der Waals surface area contributed by atoms with Gasteiger partial charge in [-0.3, -0.25) is 24.6 Å². The van der Waals surface area contributed by atoms with E-state index in [0.29, 0.717) is 42.5 Å². The fraction of sp³-hybridized carbons (Fsp3) is 0.394. The van der Waals surface area contributed by atoms with Crippen LogP contribution in [0.4, 0.5) is 17.1 Å². The summed E-state index contributed by atoms with van der Waals surface area (Å²) in [5.74, 6) is -0.0884. The van der Waals surface area contributed by atoms with E-state index in [1.165, 1.54) is 11.6 Å². The molecule has 2 amide bonds. The Bertz CT molecular complexity index is 1430. The summed E-state index contributed by atoms with van der Waals surface area (Å²) in [4.78, 5) is 42.0. The highest BCUT2D eigenvalue weighted by molar-refractivity contribution is 6.06. The number of anilines is 2. The fourth-order valence-electron chi connectivity index (χ4n) is 5.79. The molecule has 0 atom stereocenters. The Morgan fingerprint density at radius 1 is 0.953 bits per heavy atom. The molecule has 226 valence electrons. The minimum Gasteiger partial charge on any atom is -0.379 e. The van der Waals surface area contributed by atoms with Gasteiger partial charge in [-0.05, 0) is 61.9 Å². The molecule has 2 saturated heterocycles. The minimum atomic E-state index is -0.497. The number of carbonyl (C=O) groups excluding carboxylic acids is 2. The highest BCUT2D eigenvalue weighted by Gasteiger charge is 2.24. The number of carbonyl (C=O) groups is 2. The fourth-order valence-corrected chi connectivity index (χ4v) is 5.79. The molecule has 0 aliphatic carbocycles. The Hall–Kier alpha value is -4.28. The van der Waals surface area contributed by atoms with Crippen molar-refractivity contribution in [2.45, 2.75) is 26.2 Å². The summed E-state index contributed by atoms with van der Waals surface area (Å²) < 4.78 is 5.42. The lowest BCUT2D eigenvalue weighted by atomic mass is 9.89. The second-order valence-corrected chi connectivity index (χ2v) is 11.3. The van der Waals surface area contributed by atoms with E-state index in [4.69, 9.17) is 4.74 Å². The molecule has 2 aliphatic rings. The number of nitrogens with one attached hydrogen (secondary N) is 2. The molecule has 0 radical (unpaired) electrons. The van der Waals surface area contributed by atoms with Crippen LogP contribution in [0.3, 0.4) is 0 Å². The van der Waals surface area contributed by atoms with Gasteiger partial charge in [0.25, 0.3) is 17.5 Å². The van der Waals surface area contributed by atoms with Gasteiger partial charge in [0.1, 0.15) is 0 Å². The van der Waals surface area contributed by atoms with Crippen LogP contribution in [0, 0.1) is 23.0 Å². The number of amides is 2. The molecule has 3 aromatic rings. The number of piperidine rings is 1. The maximum Gasteiger partial charge on any atom is 0.273 e. The highest BCUT2D eigenvalue weighted by Crippen LogP contribution is 2.30. The first-order valence-corrected chi connectivity index (χ1v) is 14.9. The Morgan fingerprint density at radius 3 is 2.42 bits per heavy atom. The lowest BCUT2D eigenvalue weighted by molar-refractivity contribution is -0.385. The molecule has 0 aromatic heterocycles. The summed E-state index contributed by atoms with van der Waals surface area (Å²) in [6.07, 6.45) is 3.10. The van der Waals surface area contributed by atoms with Crippen LogP contribution in [0.2, 0.25) is 0 Å². The second-order valence-electron chi connectivity index (χ2n) is 11.3. The minimum absolute atomic E-state index is 0.112. The standard InChI is InChI=1S/C33H39N5O5/c1-24-7-8-27(22-31(24)38(41)42)32(39)35-28-9-10-30(29(23-28)33(40)34-13-16-36-17-19-43-20-18-36)37-14-11-26(12-15-37)21-25-5-3-2-4-6-25/h2-10,22-23,26H,11-21H2,1H3,(H,34,40)(H,35,39). The van der Waals surface area contributed by atoms with E-state index in [2.05, 4.69) is 44.7 Å². The lowest BCUT2D eigenvalue weighted by Gasteiger charge is -2.35. The maximum atomic E-state index is 13.6. The van der Waals surface area contributed by atoms with Crippen LogP contribution in [0.15, 0.2) is 66.7 Å². The summed E-state index contributed by atoms with van der Waals surface area (Å²) in [6.45, 7) is 7.63. The largest absolute Gasteiger partial charge is 0.379 e. The number of rotatable bonds is 10. The van der Waals surface area contributed by atoms with Crippen LogP contribution >= 0.6 is 0 Å². The number of hydrogen-bond donors (Lipinski definition) is 2. The molecule has 10 heteroatoms. The van der Waals surface area contributed by atoms with Gasteiger partial charge in [-0.2, -0.15) is 0 Å². The first-order chi connectivity index (χ1) is 20.9. The quantitative estimate of drug-likeness (QED) is 0.262. The van der Waals surface area contributed by atoms with Crippen LogP contribution in [0.1, 0.15) is 44.7 Å². The van der Waals surface area contributed by atoms with E-state index in [-0.39, 0.29) is 17.2 Å². The number of aryl methyl sites for hydroxylation is 1. The monoisotopic (exact) mass is 585 g/mol. The highest BCUT2D eigenvalue weighted by atomic mass is 16.6. The molecule has 10 nitrogen and oxygen atoms in total. The molecular weight excluding hydrogens is 546 g/mol. The van der Waals surface area contributed by atoms with Gasteiger partial charge in [-0.15, -0.1) is 0 Å². The van der Waals surface area contributed by atoms with Gasteiger partial charge in [-0.1, -0.05) is 36.4 Å². The SMILES string of the molecule is Cc1ccc(C(=O)Nc2ccc(N3CCC(Cc4ccccc4)CC3)c(C(=O)NCCN3CCOCC3)c2)cc1[N+](=O)[O-]. The van der Waals surface area contributed by atoms with Gasteiger partial charge in [0, 0.05) is 67.8 Å². The van der Waals surface area contributed by atoms with E-state index in [9.17, 15) is 19.7 Å². The lowest BCUT2D eigenvalue weighted by Crippen LogP contribution is -2.41. The van der Waals surface area contributed by atoms with Crippen molar-refractivity contribution in [3.8, 4) is 0 Å². The Kier molecular flexibility index (Phi) is 10.0. The average molecular weight is 586 g/mol. The number of nitrogens with zero attached hydrogens (tertiary/aromatic N) is 3. The number of nitro benzene ring substituents is 1. The number of benzene rings is 3. The number of morpholine rings is 1. The van der Waals surface area contributed by atoms with Gasteiger partial charge < -0.3 is 20.3 Å². The first-order valence-electron chi connectivity index (χ1n) is 14.9. The smallest absolute Gasteiger partial charge is 0.273 e. The zero-order valence-corrected chi connectivity index (χ0v) is 24.6. The van der Waals surface area contributed by atoms with Crippen molar-refractivity contribution in [2.24, 2.45) is 5.92 Å². The molecule has 43 heavy (non-hydrogen) atoms. The molecule has 0 spiro atoms. The molecule has 3 aromatic carbocycles. The van der Waals surface area contributed by atoms with Crippen LogP contribution in [-0.2, 0) is 11.2 Å².